The topological polar surface area (TPSA) is 83.8 Å². The fourth-order valence-electron chi connectivity index (χ4n) is 2.10. The van der Waals surface area contributed by atoms with E-state index in [0.29, 0.717) is 17.1 Å². The highest BCUT2D eigenvalue weighted by Crippen LogP contribution is 2.29. The molecule has 0 spiro atoms. The lowest BCUT2D eigenvalue weighted by atomic mass is 10.2. The second-order valence-electron chi connectivity index (χ2n) is 4.97. The van der Waals surface area contributed by atoms with Crippen LogP contribution in [0.1, 0.15) is 5.01 Å². The van der Waals surface area contributed by atoms with Gasteiger partial charge in [-0.3, -0.25) is 0 Å². The number of benzene rings is 1. The van der Waals surface area contributed by atoms with Gasteiger partial charge < -0.3 is 10.4 Å². The average molecular weight is 406 g/mol. The summed E-state index contributed by atoms with van der Waals surface area (Å²) in [5.41, 5.74) is 1.46. The Balaban J connectivity index is 1.78. The Bertz CT molecular complexity index is 962. The van der Waals surface area contributed by atoms with Crippen LogP contribution in [0.4, 0.5) is 5.95 Å². The van der Waals surface area contributed by atoms with E-state index in [-0.39, 0.29) is 22.3 Å². The van der Waals surface area contributed by atoms with Gasteiger partial charge in [-0.2, -0.15) is 15.0 Å². The van der Waals surface area contributed by atoms with Crippen LogP contribution in [0.5, 0.6) is 0 Å². The lowest BCUT2D eigenvalue weighted by Gasteiger charge is -2.03. The third kappa shape index (κ3) is 4.37. The Kier molecular flexibility index (Phi) is 5.82. The molecule has 2 heterocycles. The van der Waals surface area contributed by atoms with Gasteiger partial charge in [0.25, 0.3) is 0 Å². The van der Waals surface area contributed by atoms with Crippen molar-refractivity contribution in [1.82, 2.24) is 19.9 Å². The molecule has 0 aliphatic heterocycles. The van der Waals surface area contributed by atoms with Gasteiger partial charge in [0.2, 0.25) is 16.5 Å². The fourth-order valence-corrected chi connectivity index (χ4v) is 3.46. The molecule has 9 heteroatoms. The van der Waals surface area contributed by atoms with E-state index in [0.717, 1.165) is 10.2 Å². The molecule has 3 aromatic rings. The number of aromatic nitrogens is 4. The van der Waals surface area contributed by atoms with Crippen LogP contribution in [-0.2, 0) is 0 Å². The van der Waals surface area contributed by atoms with Crippen molar-refractivity contribution in [3.63, 3.8) is 0 Å². The molecule has 132 valence electrons. The Morgan fingerprint density at radius 3 is 2.58 bits per heavy atom. The summed E-state index contributed by atoms with van der Waals surface area (Å²) in [6.45, 7) is 4.00. The lowest BCUT2D eigenvalue weighted by Crippen LogP contribution is -2.04. The van der Waals surface area contributed by atoms with E-state index in [4.69, 9.17) is 23.2 Å². The van der Waals surface area contributed by atoms with Crippen LogP contribution in [0.25, 0.3) is 15.8 Å². The molecule has 3 rings (SSSR count). The second-order valence-corrected chi connectivity index (χ2v) is 6.68. The SMILES string of the molecule is C=C/C(O)=C(\C=C/CNc1nc(Cl)nc(Cl)n1)c1nc2ccccc2s1. The number of para-hydroxylation sites is 1. The predicted octanol–water partition coefficient (Wildman–Crippen LogP) is 4.91. The molecule has 6 nitrogen and oxygen atoms in total. The molecule has 2 aromatic heterocycles. The molecule has 0 amide bonds. The van der Waals surface area contributed by atoms with Crippen LogP contribution in [0.3, 0.4) is 0 Å². The third-order valence-corrected chi connectivity index (χ3v) is 4.64. The molecule has 0 aliphatic carbocycles. The largest absolute Gasteiger partial charge is 0.507 e. The first-order valence-electron chi connectivity index (χ1n) is 7.46. The molecule has 26 heavy (non-hydrogen) atoms. The zero-order valence-corrected chi connectivity index (χ0v) is 15.7. The van der Waals surface area contributed by atoms with E-state index in [1.807, 2.05) is 24.3 Å². The summed E-state index contributed by atoms with van der Waals surface area (Å²) in [4.78, 5) is 16.1. The number of rotatable bonds is 6. The van der Waals surface area contributed by atoms with Crippen LogP contribution in [0.15, 0.2) is 54.8 Å². The number of fused-ring (bicyclic) bond motifs is 1. The summed E-state index contributed by atoms with van der Waals surface area (Å²) in [6.07, 6.45) is 4.93. The van der Waals surface area contributed by atoms with Gasteiger partial charge in [-0.15, -0.1) is 11.3 Å². The van der Waals surface area contributed by atoms with Gasteiger partial charge in [-0.1, -0.05) is 30.9 Å². The molecule has 0 atom stereocenters. The van der Waals surface area contributed by atoms with Gasteiger partial charge in [0, 0.05) is 6.54 Å². The van der Waals surface area contributed by atoms with Crippen molar-refractivity contribution in [3.05, 3.63) is 70.4 Å². The normalized spacial score (nSPS) is 12.4. The van der Waals surface area contributed by atoms with Crippen molar-refractivity contribution in [2.45, 2.75) is 0 Å². The number of aliphatic hydroxyl groups excluding tert-OH is 1. The van der Waals surface area contributed by atoms with Gasteiger partial charge in [-0.05, 0) is 41.4 Å². The van der Waals surface area contributed by atoms with Gasteiger partial charge in [0.1, 0.15) is 10.8 Å². The summed E-state index contributed by atoms with van der Waals surface area (Å²) in [5, 5.41) is 13.8. The highest BCUT2D eigenvalue weighted by Gasteiger charge is 2.10. The van der Waals surface area contributed by atoms with Crippen molar-refractivity contribution in [1.29, 1.82) is 0 Å². The number of nitrogens with zero attached hydrogens (tertiary/aromatic N) is 4. The number of hydrogen-bond acceptors (Lipinski definition) is 7. The van der Waals surface area contributed by atoms with E-state index in [1.165, 1.54) is 17.4 Å². The summed E-state index contributed by atoms with van der Waals surface area (Å²) in [7, 11) is 0. The zero-order valence-electron chi connectivity index (χ0n) is 13.4. The molecule has 1 aromatic carbocycles. The van der Waals surface area contributed by atoms with Gasteiger partial charge in [0.05, 0.1) is 15.8 Å². The summed E-state index contributed by atoms with van der Waals surface area (Å²) < 4.78 is 1.04. The number of allylic oxidation sites excluding steroid dienone is 3. The monoisotopic (exact) mass is 405 g/mol. The molecule has 0 bridgehead atoms. The molecule has 2 N–H and O–H groups in total. The Morgan fingerprint density at radius 2 is 1.88 bits per heavy atom. The lowest BCUT2D eigenvalue weighted by molar-refractivity contribution is 0.436. The van der Waals surface area contributed by atoms with Crippen LogP contribution in [0.2, 0.25) is 10.6 Å². The standard InChI is InChI=1S/C17H13Cl2N5OS/c1-2-12(25)10(14-21-11-7-3-4-8-13(11)26-14)6-5-9-20-17-23-15(18)22-16(19)24-17/h2-8,25H,1,9H2,(H,20,22,23,24)/b6-5-,12-10-. The molecule has 0 fully saturated rings. The minimum atomic E-state index is 0.0100. The molecular weight excluding hydrogens is 393 g/mol. The van der Waals surface area contributed by atoms with E-state index in [2.05, 4.69) is 31.8 Å². The number of nitrogens with one attached hydrogen (secondary N) is 1. The summed E-state index contributed by atoms with van der Waals surface area (Å²) >= 11 is 12.9. The minimum absolute atomic E-state index is 0.0100. The first-order chi connectivity index (χ1) is 12.6. The fraction of sp³-hybridized carbons (Fsp3) is 0.0588. The van der Waals surface area contributed by atoms with Gasteiger partial charge >= 0.3 is 0 Å². The molecule has 0 saturated carbocycles. The van der Waals surface area contributed by atoms with E-state index >= 15 is 0 Å². The van der Waals surface area contributed by atoms with Crippen LogP contribution in [0, 0.1) is 0 Å². The van der Waals surface area contributed by atoms with E-state index < -0.39 is 0 Å². The van der Waals surface area contributed by atoms with Crippen molar-refractivity contribution >= 4 is 56.3 Å². The average Bonchev–Trinajstić information content (AvgIpc) is 3.04. The maximum absolute atomic E-state index is 10.2. The van der Waals surface area contributed by atoms with E-state index in [9.17, 15) is 5.11 Å². The second kappa shape index (κ2) is 8.27. The van der Waals surface area contributed by atoms with Crippen LogP contribution >= 0.6 is 34.5 Å². The van der Waals surface area contributed by atoms with Gasteiger partial charge in [0.15, 0.2) is 0 Å². The Labute approximate surface area is 163 Å². The quantitative estimate of drug-likeness (QED) is 0.447. The number of halogens is 2. The molecule has 0 radical (unpaired) electrons. The van der Waals surface area contributed by atoms with Crippen molar-refractivity contribution in [3.8, 4) is 0 Å². The smallest absolute Gasteiger partial charge is 0.228 e. The number of aliphatic hydroxyl groups is 1. The number of anilines is 1. The zero-order chi connectivity index (χ0) is 18.5. The Morgan fingerprint density at radius 1 is 1.15 bits per heavy atom. The molecule has 0 aliphatic rings. The molecular formula is C17H13Cl2N5OS. The first kappa shape index (κ1) is 18.3. The van der Waals surface area contributed by atoms with Crippen molar-refractivity contribution < 1.29 is 5.11 Å². The third-order valence-electron chi connectivity index (χ3n) is 3.24. The molecule has 0 unspecified atom stereocenters. The van der Waals surface area contributed by atoms with E-state index in [1.54, 1.807) is 12.2 Å². The van der Waals surface area contributed by atoms with Crippen LogP contribution < -0.4 is 5.32 Å². The highest BCUT2D eigenvalue weighted by atomic mass is 35.5. The first-order valence-corrected chi connectivity index (χ1v) is 9.03. The number of hydrogen-bond donors (Lipinski definition) is 2. The van der Waals surface area contributed by atoms with Crippen molar-refractivity contribution in [2.75, 3.05) is 11.9 Å². The Hall–Kier alpha value is -2.48. The van der Waals surface area contributed by atoms with Gasteiger partial charge in [-0.25, -0.2) is 4.98 Å². The van der Waals surface area contributed by atoms with Crippen LogP contribution in [-0.4, -0.2) is 31.6 Å². The predicted molar refractivity (Wildman–Crippen MR) is 107 cm³/mol. The maximum atomic E-state index is 10.2. The highest BCUT2D eigenvalue weighted by molar-refractivity contribution is 7.19. The summed E-state index contributed by atoms with van der Waals surface area (Å²) in [6, 6.07) is 7.79. The minimum Gasteiger partial charge on any atom is -0.507 e. The number of thiazole rings is 1. The van der Waals surface area contributed by atoms with Crippen molar-refractivity contribution in [2.24, 2.45) is 0 Å². The molecule has 0 saturated heterocycles. The summed E-state index contributed by atoms with van der Waals surface area (Å²) in [5.74, 6) is 0.310. The maximum Gasteiger partial charge on any atom is 0.228 e.